The number of aliphatic hydroxyl groups is 1. The third kappa shape index (κ3) is 3.64. The number of carbonyl (C=O) groups excluding carboxylic acids is 1. The zero-order valence-electron chi connectivity index (χ0n) is 14.0. The fourth-order valence-electron chi connectivity index (χ4n) is 3.00. The number of fused-ring (bicyclic) bond motifs is 1. The number of hydrogen-bond acceptors (Lipinski definition) is 5. The molecule has 24 heavy (non-hydrogen) atoms. The predicted molar refractivity (Wildman–Crippen MR) is 88.4 cm³/mol. The molecule has 128 valence electrons. The number of aromatic nitrogens is 2. The Morgan fingerprint density at radius 1 is 1.42 bits per heavy atom. The van der Waals surface area contributed by atoms with Crippen molar-refractivity contribution in [1.29, 1.82) is 0 Å². The lowest BCUT2D eigenvalue weighted by atomic mass is 10.1. The predicted octanol–water partition coefficient (Wildman–Crippen LogP) is 2.29. The van der Waals surface area contributed by atoms with Crippen LogP contribution in [0.4, 0.5) is 0 Å². The van der Waals surface area contributed by atoms with Gasteiger partial charge in [-0.1, -0.05) is 43.3 Å². The van der Waals surface area contributed by atoms with Crippen LogP contribution in [0.15, 0.2) is 28.8 Å². The Hall–Kier alpha value is -2.21. The largest absolute Gasteiger partial charge is 0.390 e. The Bertz CT molecular complexity index is 711. The van der Waals surface area contributed by atoms with Crippen molar-refractivity contribution in [1.82, 2.24) is 15.5 Å². The van der Waals surface area contributed by atoms with Gasteiger partial charge in [-0.05, 0) is 17.5 Å². The highest BCUT2D eigenvalue weighted by Crippen LogP contribution is 2.31. The molecule has 1 aromatic carbocycles. The molecular weight excluding hydrogens is 306 g/mol. The summed E-state index contributed by atoms with van der Waals surface area (Å²) in [6.07, 6.45) is 1.61. The number of benzene rings is 1. The Morgan fingerprint density at radius 3 is 2.96 bits per heavy atom. The minimum Gasteiger partial charge on any atom is -0.390 e. The Morgan fingerprint density at radius 2 is 2.21 bits per heavy atom. The molecule has 6 nitrogen and oxygen atoms in total. The summed E-state index contributed by atoms with van der Waals surface area (Å²) < 4.78 is 5.17. The van der Waals surface area contributed by atoms with E-state index in [1.165, 1.54) is 0 Å². The lowest BCUT2D eigenvalue weighted by Gasteiger charge is -2.17. The molecule has 2 N–H and O–H groups in total. The van der Waals surface area contributed by atoms with Crippen LogP contribution in [0, 0.1) is 0 Å². The monoisotopic (exact) mass is 329 g/mol. The number of rotatable bonds is 6. The van der Waals surface area contributed by atoms with E-state index >= 15 is 0 Å². The van der Waals surface area contributed by atoms with Crippen LogP contribution in [0.2, 0.25) is 0 Å². The molecule has 0 saturated carbocycles. The Labute approximate surface area is 141 Å². The van der Waals surface area contributed by atoms with Gasteiger partial charge in [0.1, 0.15) is 0 Å². The number of hydrogen-bond donors (Lipinski definition) is 2. The molecule has 1 heterocycles. The summed E-state index contributed by atoms with van der Waals surface area (Å²) in [7, 11) is 0. The molecule has 2 atom stereocenters. The van der Waals surface area contributed by atoms with Crippen LogP contribution >= 0.6 is 0 Å². The molecule has 0 fully saturated rings. The Balaban J connectivity index is 1.49. The second-order valence-corrected chi connectivity index (χ2v) is 6.57. The van der Waals surface area contributed by atoms with Crippen LogP contribution in [0.5, 0.6) is 0 Å². The number of nitrogens with one attached hydrogen (secondary N) is 1. The van der Waals surface area contributed by atoms with E-state index in [4.69, 9.17) is 4.52 Å². The first-order chi connectivity index (χ1) is 11.5. The smallest absolute Gasteiger partial charge is 0.226 e. The maximum atomic E-state index is 12.2. The van der Waals surface area contributed by atoms with E-state index in [9.17, 15) is 9.90 Å². The van der Waals surface area contributed by atoms with E-state index in [-0.39, 0.29) is 17.9 Å². The molecule has 1 amide bonds. The molecule has 2 aromatic rings. The first-order valence-electron chi connectivity index (χ1n) is 8.42. The minimum atomic E-state index is -0.559. The molecule has 3 rings (SSSR count). The quantitative estimate of drug-likeness (QED) is 0.849. The van der Waals surface area contributed by atoms with Crippen LogP contribution in [0.25, 0.3) is 0 Å². The van der Waals surface area contributed by atoms with Crippen LogP contribution in [0.1, 0.15) is 61.5 Å². The first-order valence-corrected chi connectivity index (χ1v) is 8.42. The maximum absolute atomic E-state index is 12.2. The number of amides is 1. The van der Waals surface area contributed by atoms with Gasteiger partial charge in [-0.3, -0.25) is 4.79 Å². The summed E-state index contributed by atoms with van der Waals surface area (Å²) in [6.45, 7) is 4.01. The van der Waals surface area contributed by atoms with Gasteiger partial charge in [-0.2, -0.15) is 4.98 Å². The van der Waals surface area contributed by atoms with Gasteiger partial charge in [-0.15, -0.1) is 0 Å². The van der Waals surface area contributed by atoms with Crippen LogP contribution < -0.4 is 5.32 Å². The lowest BCUT2D eigenvalue weighted by Crippen LogP contribution is -2.33. The summed E-state index contributed by atoms with van der Waals surface area (Å²) in [6, 6.07) is 7.52. The molecule has 6 heteroatoms. The Kier molecular flexibility index (Phi) is 4.94. The van der Waals surface area contributed by atoms with Crippen molar-refractivity contribution in [2.75, 3.05) is 0 Å². The molecule has 1 aliphatic carbocycles. The third-order valence-electron chi connectivity index (χ3n) is 4.32. The SMILES string of the molecule is CC(C)c1noc(CCCC(=O)N[C@@H]2c3ccccc3C[C@@H]2O)n1. The molecule has 0 bridgehead atoms. The molecule has 0 spiro atoms. The van der Waals surface area contributed by atoms with Gasteiger partial charge < -0.3 is 14.9 Å². The van der Waals surface area contributed by atoms with Crippen molar-refractivity contribution < 1.29 is 14.4 Å². The van der Waals surface area contributed by atoms with E-state index in [0.717, 1.165) is 11.1 Å². The molecule has 0 radical (unpaired) electrons. The summed E-state index contributed by atoms with van der Waals surface area (Å²) in [5, 5.41) is 17.0. The first kappa shape index (κ1) is 16.6. The fraction of sp³-hybridized carbons (Fsp3) is 0.500. The summed E-state index contributed by atoms with van der Waals surface area (Å²) in [5.41, 5.74) is 2.11. The van der Waals surface area contributed by atoms with Crippen molar-refractivity contribution in [2.45, 2.75) is 57.6 Å². The second kappa shape index (κ2) is 7.13. The summed E-state index contributed by atoms with van der Waals surface area (Å²) >= 11 is 0. The van der Waals surface area contributed by atoms with Crippen molar-refractivity contribution in [3.63, 3.8) is 0 Å². The summed E-state index contributed by atoms with van der Waals surface area (Å²) in [5.74, 6) is 1.42. The van der Waals surface area contributed by atoms with Gasteiger partial charge in [0.2, 0.25) is 11.8 Å². The van der Waals surface area contributed by atoms with Crippen molar-refractivity contribution in [2.24, 2.45) is 0 Å². The van der Waals surface area contributed by atoms with E-state index in [1.807, 2.05) is 38.1 Å². The van der Waals surface area contributed by atoms with Gasteiger partial charge in [0.05, 0.1) is 12.1 Å². The van der Waals surface area contributed by atoms with Crippen molar-refractivity contribution in [3.8, 4) is 0 Å². The molecular formula is C18H23N3O3. The minimum absolute atomic E-state index is 0.0700. The molecule has 0 unspecified atom stereocenters. The molecule has 1 aromatic heterocycles. The van der Waals surface area contributed by atoms with Gasteiger partial charge in [0.25, 0.3) is 0 Å². The number of nitrogens with zero attached hydrogens (tertiary/aromatic N) is 2. The normalized spacial score (nSPS) is 19.5. The molecule has 1 aliphatic rings. The van der Waals surface area contributed by atoms with Crippen molar-refractivity contribution >= 4 is 5.91 Å². The third-order valence-corrected chi connectivity index (χ3v) is 4.32. The average molecular weight is 329 g/mol. The zero-order valence-corrected chi connectivity index (χ0v) is 14.0. The van der Waals surface area contributed by atoms with Gasteiger partial charge >= 0.3 is 0 Å². The van der Waals surface area contributed by atoms with Crippen LogP contribution in [-0.2, 0) is 17.6 Å². The average Bonchev–Trinajstić information content (AvgIpc) is 3.13. The van der Waals surface area contributed by atoms with E-state index in [2.05, 4.69) is 15.5 Å². The van der Waals surface area contributed by atoms with Crippen molar-refractivity contribution in [3.05, 3.63) is 47.1 Å². The highest BCUT2D eigenvalue weighted by Gasteiger charge is 2.31. The number of carbonyl (C=O) groups is 1. The van der Waals surface area contributed by atoms with Gasteiger partial charge in [-0.25, -0.2) is 0 Å². The topological polar surface area (TPSA) is 88.2 Å². The highest BCUT2D eigenvalue weighted by atomic mass is 16.5. The van der Waals surface area contributed by atoms with Gasteiger partial charge in [0, 0.05) is 25.2 Å². The van der Waals surface area contributed by atoms with E-state index < -0.39 is 6.10 Å². The van der Waals surface area contributed by atoms with Crippen LogP contribution in [-0.4, -0.2) is 27.3 Å². The summed E-state index contributed by atoms with van der Waals surface area (Å²) in [4.78, 5) is 16.5. The second-order valence-electron chi connectivity index (χ2n) is 6.57. The van der Waals surface area contributed by atoms with Crippen LogP contribution in [0.3, 0.4) is 0 Å². The van der Waals surface area contributed by atoms with E-state index in [1.54, 1.807) is 0 Å². The molecule has 0 saturated heterocycles. The zero-order chi connectivity index (χ0) is 17.1. The maximum Gasteiger partial charge on any atom is 0.226 e. The number of aryl methyl sites for hydroxylation is 1. The van der Waals surface area contributed by atoms with Gasteiger partial charge in [0.15, 0.2) is 5.82 Å². The number of aliphatic hydroxyl groups excluding tert-OH is 1. The fourth-order valence-corrected chi connectivity index (χ4v) is 3.00. The van der Waals surface area contributed by atoms with E-state index in [0.29, 0.717) is 37.4 Å². The molecule has 0 aliphatic heterocycles. The highest BCUT2D eigenvalue weighted by molar-refractivity contribution is 5.76. The standard InChI is InChI=1S/C18H23N3O3/c1-11(2)18-20-16(24-21-18)9-5-8-15(23)19-17-13-7-4-3-6-12(13)10-14(17)22/h3-4,6-7,11,14,17,22H,5,8-10H2,1-2H3,(H,19,23)/t14-,17+/m0/s1. The lowest BCUT2D eigenvalue weighted by molar-refractivity contribution is -0.122.